The van der Waals surface area contributed by atoms with Crippen molar-refractivity contribution in [1.29, 1.82) is 0 Å². The summed E-state index contributed by atoms with van der Waals surface area (Å²) < 4.78 is 0. The van der Waals surface area contributed by atoms with Crippen molar-refractivity contribution in [3.05, 3.63) is 0 Å². The molecule has 0 unspecified atom stereocenters. The Balaban J connectivity index is 10.3. The number of hydrogen-bond acceptors (Lipinski definition) is 0. The third-order valence-corrected chi connectivity index (χ3v) is 11.8. The molecule has 0 aromatic rings. The van der Waals surface area contributed by atoms with E-state index in [-0.39, 0.29) is 0 Å². The highest BCUT2D eigenvalue weighted by Gasteiger charge is 2.61. The quantitative estimate of drug-likeness (QED) is 0.0806. The molecule has 0 heterocycles. The van der Waals surface area contributed by atoms with Gasteiger partial charge in [0.1, 0.15) is 0 Å². The lowest BCUT2D eigenvalue weighted by atomic mass is 8.23. The second-order valence-electron chi connectivity index (χ2n) is 15.8. The molecule has 0 nitrogen and oxygen atoms in total. The van der Waals surface area contributed by atoms with E-state index >= 15 is 0 Å². The highest BCUT2D eigenvalue weighted by atomic mass is 13.4. The molecule has 0 spiro atoms. The zero-order chi connectivity index (χ0) is 45.3. The Morgan fingerprint density at radius 2 is 0.281 bits per heavy atom. The molecular formula is B57. The van der Waals surface area contributed by atoms with E-state index in [9.17, 15) is 0 Å². The first-order valence-electron chi connectivity index (χ1n) is 18.7. The van der Waals surface area contributed by atoms with Gasteiger partial charge in [-0.1, -0.05) is 0 Å². The molecule has 0 aliphatic carbocycles. The van der Waals surface area contributed by atoms with Crippen LogP contribution in [0, 0.1) is 0 Å². The van der Waals surface area contributed by atoms with Crippen LogP contribution in [0.4, 0.5) is 0 Å². The van der Waals surface area contributed by atoms with Crippen LogP contribution < -0.4 is 0 Å². The molecule has 0 saturated heterocycles. The van der Waals surface area contributed by atoms with E-state index in [1.54, 1.807) is 0 Å². The zero-order valence-electron chi connectivity index (χ0n) is 32.9. The van der Waals surface area contributed by atoms with Crippen LogP contribution in [0.5, 0.6) is 0 Å². The number of hydrogen-bond donors (Lipinski definition) is 0. The Morgan fingerprint density at radius 3 is 0.386 bits per heavy atom. The van der Waals surface area contributed by atoms with Crippen molar-refractivity contribution in [1.82, 2.24) is 0 Å². The van der Waals surface area contributed by atoms with Gasteiger partial charge in [-0.15, -0.1) is 0 Å². The van der Waals surface area contributed by atoms with Crippen LogP contribution in [-0.2, 0) is 0 Å². The van der Waals surface area contributed by atoms with Gasteiger partial charge in [0.05, 0.1) is 0 Å². The van der Waals surface area contributed by atoms with E-state index in [1.165, 1.54) is 0 Å². The van der Waals surface area contributed by atoms with Crippen LogP contribution >= 0.6 is 0 Å². The van der Waals surface area contributed by atoms with Crippen LogP contribution in [0.25, 0.3) is 0 Å². The van der Waals surface area contributed by atoms with Crippen LogP contribution in [0.1, 0.15) is 0 Å². The Kier molecular flexibility index (Phi) is 29.8. The highest BCUT2D eigenvalue weighted by Crippen LogP contribution is 2.23. The molecule has 0 aromatic heterocycles. The minimum atomic E-state index is -1.46. The monoisotopic (exact) mass is 628 g/mol. The fraction of sp³-hybridized carbons (Fsp3) is 0. The minimum absolute atomic E-state index is 1.16. The molecule has 57 heavy (non-hydrogen) atoms. The van der Waals surface area contributed by atoms with Crippen molar-refractivity contribution in [2.24, 2.45) is 0 Å². The third kappa shape index (κ3) is 16.5. The summed E-state index contributed by atoms with van der Waals surface area (Å²) >= 11 is 0. The van der Waals surface area contributed by atoms with Crippen LogP contribution in [0.3, 0.4) is 0 Å². The number of rotatable bonds is 27. The molecule has 57 heteroatoms. The Morgan fingerprint density at radius 1 is 0.158 bits per heavy atom. The molecule has 0 bridgehead atoms. The van der Waals surface area contributed by atoms with Crippen molar-refractivity contribution < 1.29 is 0 Å². The summed E-state index contributed by atoms with van der Waals surface area (Å²) in [6.07, 6.45) is -36.8. The molecule has 0 aromatic carbocycles. The molecular weight excluding hydrogens is 616 g/mol. The zero-order valence-corrected chi connectivity index (χ0v) is 32.9. The third-order valence-electron chi connectivity index (χ3n) is 11.8. The maximum atomic E-state index is 6.76. The summed E-state index contributed by atoms with van der Waals surface area (Å²) in [6, 6.07) is 0. The SMILES string of the molecule is [B][B]B(B([B])[B])B(B([B])[B])B(B(B(B([B])[B])B([B])[B])B(B([B])[B])B([B])[B])B(B(B(B([B])[B])B([B])[B])B(B([B])[B])B([B])[B])B(B(B([B])[B])B([B])[B])B(B([B])[B])B([B])[B]. The van der Waals surface area contributed by atoms with Gasteiger partial charge in [0.15, 0.2) is 0 Å². The Hall–Kier alpha value is 3.70. The molecule has 0 aliphatic heterocycles. The maximum absolute atomic E-state index is 6.76. The van der Waals surface area contributed by atoms with Crippen molar-refractivity contribution in [3.63, 3.8) is 0 Å². The summed E-state index contributed by atoms with van der Waals surface area (Å²) in [5, 5.41) is 0. The maximum Gasteiger partial charge on any atom is 0 e. The molecule has 0 fully saturated rings. The predicted molar refractivity (Wildman–Crippen MR) is 328 cm³/mol. The van der Waals surface area contributed by atoms with Gasteiger partial charge in [0, 0.05) is 404 Å². The lowest BCUT2D eigenvalue weighted by molar-refractivity contribution is 3.17. The van der Waals surface area contributed by atoms with E-state index in [2.05, 4.69) is 0 Å². The van der Waals surface area contributed by atoms with Crippen LogP contribution in [0.15, 0.2) is 0 Å². The average molecular weight is 616 g/mol. The standard InChI is InChI=1S/B57/c1-30-45(31(2)3)52(44(28)29)56(53(46(32(4)5)33(6)7)47(34(8)9)35(10)11)57(54(48(36(12)13)37(14)15)49(38(16)17)39(18)19)55(50(40(20)21)41(22)23)51(42(24)25)43(26)27. The van der Waals surface area contributed by atoms with Gasteiger partial charge in [-0.2, -0.15) is 0 Å². The lowest BCUT2D eigenvalue weighted by Crippen LogP contribution is -2.96. The van der Waals surface area contributed by atoms with Gasteiger partial charge in [0.25, 0.3) is 0 Å². The van der Waals surface area contributed by atoms with E-state index in [0.29, 0.717) is 0 Å². The summed E-state index contributed by atoms with van der Waals surface area (Å²) in [5.41, 5.74) is 0. The topological polar surface area (TPSA) is 0 Å². The second kappa shape index (κ2) is 28.0. The molecule has 0 saturated carbocycles. The van der Waals surface area contributed by atoms with E-state index in [1.807, 2.05) is 0 Å². The summed E-state index contributed by atoms with van der Waals surface area (Å²) in [5.74, 6) is 0. The van der Waals surface area contributed by atoms with Crippen LogP contribution in [0.2, 0.25) is 0 Å². The van der Waals surface area contributed by atoms with Crippen molar-refractivity contribution in [2.45, 2.75) is 0 Å². The fourth-order valence-corrected chi connectivity index (χ4v) is 9.75. The smallest absolute Gasteiger partial charge is 0 e. The highest BCUT2D eigenvalue weighted by molar-refractivity contribution is 8.37. The minimum Gasteiger partial charge on any atom is 0 e. The first-order valence-corrected chi connectivity index (χ1v) is 18.7. The Labute approximate surface area is 400 Å². The van der Waals surface area contributed by atoms with Crippen LogP contribution in [-0.4, -0.2) is 404 Å². The Bertz CT molecular complexity index is 863. The first kappa shape index (κ1) is 60.7. The molecule has 0 N–H and O–H groups in total. The average Bonchev–Trinajstić information content (AvgIpc) is 2.99. The summed E-state index contributed by atoms with van der Waals surface area (Å²) in [7, 11) is 191. The van der Waals surface area contributed by atoms with Gasteiger partial charge in [-0.3, -0.25) is 0 Å². The molecule has 0 aliphatic rings. The van der Waals surface area contributed by atoms with Crippen molar-refractivity contribution in [2.75, 3.05) is 0 Å². The van der Waals surface area contributed by atoms with E-state index in [0.717, 1.165) is 7.06 Å². The van der Waals surface area contributed by atoms with E-state index < -0.39 is 172 Å². The molecule has 171 valence electrons. The lowest BCUT2D eigenvalue weighted by Gasteiger charge is -2.58. The van der Waals surface area contributed by atoms with Crippen molar-refractivity contribution in [3.8, 4) is 0 Å². The first-order chi connectivity index (χ1) is 25.9. The largest absolute Gasteiger partial charge is 0 e. The fourth-order valence-electron chi connectivity index (χ4n) is 9.75. The van der Waals surface area contributed by atoms with E-state index in [4.69, 9.17) is 224 Å². The van der Waals surface area contributed by atoms with Gasteiger partial charge in [0.2, 0.25) is 0 Å². The normalized spacial score (nSPS) is 9.68. The van der Waals surface area contributed by atoms with Gasteiger partial charge < -0.3 is 0 Å². The molecule has 0 rings (SSSR count). The van der Waals surface area contributed by atoms with Gasteiger partial charge in [-0.25, -0.2) is 0 Å². The van der Waals surface area contributed by atoms with Gasteiger partial charge in [-0.05, 0) is 0 Å². The molecule has 59 radical (unpaired) electrons. The molecule has 0 amide bonds. The van der Waals surface area contributed by atoms with Crippen molar-refractivity contribution >= 4 is 404 Å². The van der Waals surface area contributed by atoms with Gasteiger partial charge >= 0.3 is 0 Å². The predicted octanol–water partition coefficient (Wildman–Crippen LogP) is -21.7. The molecule has 0 atom stereocenters. The second-order valence-corrected chi connectivity index (χ2v) is 15.8. The summed E-state index contributed by atoms with van der Waals surface area (Å²) in [4.78, 5) is 0. The summed E-state index contributed by atoms with van der Waals surface area (Å²) in [6.45, 7) is 0.